The molecule has 0 aliphatic heterocycles. The van der Waals surface area contributed by atoms with Gasteiger partial charge in [-0.05, 0) is 36.8 Å². The first-order valence-corrected chi connectivity index (χ1v) is 7.89. The third kappa shape index (κ3) is 4.89. The summed E-state index contributed by atoms with van der Waals surface area (Å²) in [6.45, 7) is 1.73. The molecular formula is C19H22N2O5. The number of hydrogen-bond acceptors (Lipinski definition) is 6. The maximum Gasteiger partial charge on any atom is 0.277 e. The number of carbonyl (C=O) groups excluding carboxylic acids is 1. The van der Waals surface area contributed by atoms with E-state index in [9.17, 15) is 4.79 Å². The van der Waals surface area contributed by atoms with Crippen LogP contribution >= 0.6 is 0 Å². The van der Waals surface area contributed by atoms with Gasteiger partial charge in [0.15, 0.2) is 29.6 Å². The fraction of sp³-hybridized carbons (Fsp3) is 0.263. The van der Waals surface area contributed by atoms with Crippen molar-refractivity contribution >= 4 is 12.1 Å². The molecule has 0 radical (unpaired) electrons. The van der Waals surface area contributed by atoms with Crippen molar-refractivity contribution in [3.8, 4) is 23.0 Å². The predicted octanol–water partition coefficient (Wildman–Crippen LogP) is 2.55. The number of carbonyl (C=O) groups is 1. The molecule has 0 aromatic heterocycles. The molecule has 0 aliphatic carbocycles. The number of nitrogens with zero attached hydrogens (tertiary/aromatic N) is 1. The molecule has 2 aromatic carbocycles. The van der Waals surface area contributed by atoms with Crippen molar-refractivity contribution in [3.63, 3.8) is 0 Å². The maximum absolute atomic E-state index is 11.9. The number of benzene rings is 2. The van der Waals surface area contributed by atoms with Crippen LogP contribution in [0.5, 0.6) is 23.0 Å². The first-order chi connectivity index (χ1) is 12.6. The minimum absolute atomic E-state index is 0.178. The lowest BCUT2D eigenvalue weighted by Gasteiger charge is -2.10. The molecule has 0 unspecified atom stereocenters. The second-order valence-corrected chi connectivity index (χ2v) is 5.30. The van der Waals surface area contributed by atoms with E-state index < -0.39 is 0 Å². The molecule has 7 nitrogen and oxygen atoms in total. The summed E-state index contributed by atoms with van der Waals surface area (Å²) >= 11 is 0. The van der Waals surface area contributed by atoms with Crippen LogP contribution < -0.4 is 24.4 Å². The van der Waals surface area contributed by atoms with Crippen LogP contribution in [0.4, 0.5) is 0 Å². The van der Waals surface area contributed by atoms with Crippen LogP contribution in [0.3, 0.4) is 0 Å². The van der Waals surface area contributed by atoms with Gasteiger partial charge in [-0.15, -0.1) is 0 Å². The molecule has 0 saturated heterocycles. The predicted molar refractivity (Wildman–Crippen MR) is 98.5 cm³/mol. The van der Waals surface area contributed by atoms with Gasteiger partial charge >= 0.3 is 0 Å². The standard InChI is InChI=1S/C19H22N2O5/c1-13-9-17(24-3)18(25-4)10-14(13)11-20-21-19(22)12-26-16-8-6-5-7-15(16)23-2/h5-11H,12H2,1-4H3,(H,21,22)/b20-11+. The van der Waals surface area contributed by atoms with E-state index in [1.807, 2.05) is 19.1 Å². The fourth-order valence-electron chi connectivity index (χ4n) is 2.22. The van der Waals surface area contributed by atoms with E-state index in [0.717, 1.165) is 11.1 Å². The Morgan fingerprint density at radius 1 is 1.00 bits per heavy atom. The fourth-order valence-corrected chi connectivity index (χ4v) is 2.22. The Balaban J connectivity index is 1.94. The Labute approximate surface area is 152 Å². The molecule has 0 spiro atoms. The molecule has 1 N–H and O–H groups in total. The maximum atomic E-state index is 11.9. The largest absolute Gasteiger partial charge is 0.493 e. The summed E-state index contributed by atoms with van der Waals surface area (Å²) in [7, 11) is 4.68. The van der Waals surface area contributed by atoms with Crippen LogP contribution in [-0.4, -0.2) is 40.1 Å². The summed E-state index contributed by atoms with van der Waals surface area (Å²) in [5, 5.41) is 3.96. The quantitative estimate of drug-likeness (QED) is 0.580. The smallest absolute Gasteiger partial charge is 0.277 e. The number of hydrazone groups is 1. The average molecular weight is 358 g/mol. The van der Waals surface area contributed by atoms with Crippen molar-refractivity contribution in [3.05, 3.63) is 47.5 Å². The van der Waals surface area contributed by atoms with Gasteiger partial charge < -0.3 is 18.9 Å². The van der Waals surface area contributed by atoms with Gasteiger partial charge in [-0.3, -0.25) is 4.79 Å². The Hall–Kier alpha value is -3.22. The molecular weight excluding hydrogens is 336 g/mol. The SMILES string of the molecule is COc1cc(C)c(/C=N/NC(=O)COc2ccccc2OC)cc1OC. The molecule has 0 aliphatic rings. The molecule has 1 amide bonds. The van der Waals surface area contributed by atoms with E-state index in [1.165, 1.54) is 13.3 Å². The van der Waals surface area contributed by atoms with Crippen LogP contribution in [0.15, 0.2) is 41.5 Å². The van der Waals surface area contributed by atoms with Crippen LogP contribution in [-0.2, 0) is 4.79 Å². The molecule has 138 valence electrons. The summed E-state index contributed by atoms with van der Waals surface area (Å²) in [6.07, 6.45) is 1.54. The second-order valence-electron chi connectivity index (χ2n) is 5.30. The summed E-state index contributed by atoms with van der Waals surface area (Å²) in [4.78, 5) is 11.9. The molecule has 0 saturated carbocycles. The molecule has 0 heterocycles. The molecule has 2 aromatic rings. The van der Waals surface area contributed by atoms with Gasteiger partial charge in [0.05, 0.1) is 27.5 Å². The van der Waals surface area contributed by atoms with E-state index in [4.69, 9.17) is 18.9 Å². The lowest BCUT2D eigenvalue weighted by molar-refractivity contribution is -0.123. The lowest BCUT2D eigenvalue weighted by atomic mass is 10.1. The normalized spacial score (nSPS) is 10.5. The molecule has 2 rings (SSSR count). The van der Waals surface area contributed by atoms with Gasteiger partial charge in [-0.1, -0.05) is 12.1 Å². The zero-order valence-electron chi connectivity index (χ0n) is 15.2. The number of aryl methyl sites for hydroxylation is 1. The van der Waals surface area contributed by atoms with Crippen LogP contribution in [0.25, 0.3) is 0 Å². The second kappa shape index (κ2) is 9.31. The van der Waals surface area contributed by atoms with Crippen molar-refractivity contribution in [1.82, 2.24) is 5.43 Å². The van der Waals surface area contributed by atoms with E-state index >= 15 is 0 Å². The zero-order valence-corrected chi connectivity index (χ0v) is 15.2. The number of nitrogens with one attached hydrogen (secondary N) is 1. The third-order valence-electron chi connectivity index (χ3n) is 3.59. The number of hydrogen-bond donors (Lipinski definition) is 1. The van der Waals surface area contributed by atoms with Crippen molar-refractivity contribution in [2.45, 2.75) is 6.92 Å². The van der Waals surface area contributed by atoms with Gasteiger partial charge in [0.2, 0.25) is 0 Å². The van der Waals surface area contributed by atoms with Gasteiger partial charge in [0, 0.05) is 5.56 Å². The highest BCUT2D eigenvalue weighted by atomic mass is 16.5. The van der Waals surface area contributed by atoms with Gasteiger partial charge in [0.25, 0.3) is 5.91 Å². The first-order valence-electron chi connectivity index (χ1n) is 7.89. The van der Waals surface area contributed by atoms with E-state index in [0.29, 0.717) is 23.0 Å². The van der Waals surface area contributed by atoms with E-state index in [1.54, 1.807) is 38.5 Å². The van der Waals surface area contributed by atoms with Crippen molar-refractivity contribution in [1.29, 1.82) is 0 Å². The molecule has 0 fully saturated rings. The Bertz CT molecular complexity index is 789. The molecule has 26 heavy (non-hydrogen) atoms. The highest BCUT2D eigenvalue weighted by Gasteiger charge is 2.08. The topological polar surface area (TPSA) is 78.4 Å². The van der Waals surface area contributed by atoms with Crippen molar-refractivity contribution in [2.75, 3.05) is 27.9 Å². The first kappa shape index (κ1) is 19.1. The number of para-hydroxylation sites is 2. The molecule has 0 bridgehead atoms. The van der Waals surface area contributed by atoms with Crippen molar-refractivity contribution in [2.24, 2.45) is 5.10 Å². The Morgan fingerprint density at radius 2 is 1.62 bits per heavy atom. The van der Waals surface area contributed by atoms with Crippen LogP contribution in [0.2, 0.25) is 0 Å². The van der Waals surface area contributed by atoms with Crippen molar-refractivity contribution < 1.29 is 23.7 Å². The monoisotopic (exact) mass is 358 g/mol. The van der Waals surface area contributed by atoms with Gasteiger partial charge in [-0.25, -0.2) is 5.43 Å². The van der Waals surface area contributed by atoms with E-state index in [-0.39, 0.29) is 12.5 Å². The Morgan fingerprint density at radius 3 is 2.27 bits per heavy atom. The number of rotatable bonds is 8. The average Bonchev–Trinajstić information content (AvgIpc) is 2.67. The van der Waals surface area contributed by atoms with Crippen LogP contribution in [0.1, 0.15) is 11.1 Å². The summed E-state index contributed by atoms with van der Waals surface area (Å²) < 4.78 is 21.1. The van der Waals surface area contributed by atoms with E-state index in [2.05, 4.69) is 10.5 Å². The molecule has 7 heteroatoms. The molecule has 0 atom stereocenters. The van der Waals surface area contributed by atoms with Gasteiger partial charge in [-0.2, -0.15) is 5.10 Å². The highest BCUT2D eigenvalue weighted by Crippen LogP contribution is 2.29. The lowest BCUT2D eigenvalue weighted by Crippen LogP contribution is -2.24. The summed E-state index contributed by atoms with van der Waals surface area (Å²) in [6, 6.07) is 10.7. The number of amides is 1. The third-order valence-corrected chi connectivity index (χ3v) is 3.59. The van der Waals surface area contributed by atoms with Gasteiger partial charge in [0.1, 0.15) is 0 Å². The number of ether oxygens (including phenoxy) is 4. The minimum Gasteiger partial charge on any atom is -0.493 e. The Kier molecular flexibility index (Phi) is 6.84. The summed E-state index contributed by atoms with van der Waals surface area (Å²) in [5.74, 6) is 1.89. The number of methoxy groups -OCH3 is 3. The minimum atomic E-state index is -0.384. The highest BCUT2D eigenvalue weighted by molar-refractivity contribution is 5.85. The summed E-state index contributed by atoms with van der Waals surface area (Å²) in [5.41, 5.74) is 4.16. The zero-order chi connectivity index (χ0) is 18.9. The van der Waals surface area contributed by atoms with Crippen LogP contribution in [0, 0.1) is 6.92 Å².